The van der Waals surface area contributed by atoms with Crippen molar-refractivity contribution in [3.63, 3.8) is 0 Å². The molecule has 4 rings (SSSR count). The first-order valence-electron chi connectivity index (χ1n) is 11.3. The summed E-state index contributed by atoms with van der Waals surface area (Å²) in [5.41, 5.74) is 11.9. The van der Waals surface area contributed by atoms with Gasteiger partial charge in [-0.15, -0.1) is 16.7 Å². The molecule has 2 aliphatic rings. The van der Waals surface area contributed by atoms with Gasteiger partial charge < -0.3 is 27.2 Å². The van der Waals surface area contributed by atoms with E-state index in [-0.39, 0.29) is 26.6 Å². The molecule has 0 aromatic carbocycles. The first-order valence-corrected chi connectivity index (χ1v) is 15.5. The Kier molecular flexibility index (Phi) is 9.90. The zero-order valence-electron chi connectivity index (χ0n) is 20.2. The predicted molar refractivity (Wildman–Crippen MR) is 153 cm³/mol. The van der Waals surface area contributed by atoms with E-state index in [1.807, 2.05) is 0 Å². The smallest absolute Gasteiger partial charge is 0.353 e. The van der Waals surface area contributed by atoms with Crippen molar-refractivity contribution in [2.75, 3.05) is 17.2 Å². The van der Waals surface area contributed by atoms with E-state index in [9.17, 15) is 29.2 Å². The fraction of sp³-hybridized carbons (Fsp3) is 0.333. The average Bonchev–Trinajstić information content (AvgIpc) is 3.25. The number of pyridine rings is 1. The monoisotopic (exact) mass is 644 g/mol. The fourth-order valence-corrected chi connectivity index (χ4v) is 8.36. The number of aliphatic carboxylic acids is 1. The van der Waals surface area contributed by atoms with Crippen molar-refractivity contribution >= 4 is 87.5 Å². The summed E-state index contributed by atoms with van der Waals surface area (Å²) in [6.07, 6.45) is 3.26. The summed E-state index contributed by atoms with van der Waals surface area (Å²) in [6, 6.07) is -0.949. The number of nitrogens with two attached hydrogens (primary N) is 2. The maximum atomic E-state index is 13.1. The van der Waals surface area contributed by atoms with Crippen molar-refractivity contribution in [3.8, 4) is 0 Å². The number of carboxylic acid groups (broad SMARTS) is 1. The van der Waals surface area contributed by atoms with Crippen molar-refractivity contribution in [2.24, 2.45) is 10.9 Å². The highest BCUT2D eigenvalue weighted by Gasteiger charge is 2.55. The van der Waals surface area contributed by atoms with E-state index in [1.54, 1.807) is 18.5 Å². The summed E-state index contributed by atoms with van der Waals surface area (Å²) in [6.45, 7) is 0. The normalized spacial score (nSPS) is 19.8. The number of aromatic nitrogens is 2. The van der Waals surface area contributed by atoms with Gasteiger partial charge in [-0.05, 0) is 16.8 Å². The van der Waals surface area contributed by atoms with Crippen LogP contribution in [0, 0.1) is 4.91 Å². The van der Waals surface area contributed by atoms with Crippen molar-refractivity contribution in [1.82, 2.24) is 25.5 Å². The lowest BCUT2D eigenvalue weighted by Crippen LogP contribution is -2.70. The molecule has 1 unspecified atom stereocenters. The number of rotatable bonds is 13. The first-order chi connectivity index (χ1) is 19.2. The summed E-state index contributed by atoms with van der Waals surface area (Å²) < 4.78 is 0.0259. The molecule has 1 fully saturated rings. The molecule has 1 saturated heterocycles. The molecule has 212 valence electrons. The van der Waals surface area contributed by atoms with Crippen LogP contribution in [0.25, 0.3) is 0 Å². The predicted octanol–water partition coefficient (Wildman–Crippen LogP) is 1.33. The van der Waals surface area contributed by atoms with E-state index >= 15 is 0 Å². The van der Waals surface area contributed by atoms with Crippen LogP contribution in [0.15, 0.2) is 39.1 Å². The van der Waals surface area contributed by atoms with Crippen LogP contribution >= 0.6 is 58.2 Å². The molecule has 3 amide bonds. The molecule has 19 heteroatoms. The largest absolute Gasteiger partial charge is 0.477 e. The van der Waals surface area contributed by atoms with Crippen molar-refractivity contribution in [2.45, 2.75) is 34.3 Å². The molecular formula is C21H21ClN8O6S4. The van der Waals surface area contributed by atoms with Crippen LogP contribution in [-0.2, 0) is 24.9 Å². The molecule has 0 aliphatic carbocycles. The standard InChI is InChI=1S/C21H21ClN8O6S4/c22-16-12(28-21(24)40-16)13(29-36)17(32)27-14-18(33)30-15(20(34)35)10(5-38-19(14)30)39-9-1-2-25-3-8(9)4-37-6-11(23)26-7-31/h1-3,7,11,13-14,19H,4-6,23H2,(H2,24,28)(H,26,31)(H,27,32)(H,34,35)/t11-,13?,14-,19+/m1/s1. The molecular weight excluding hydrogens is 624 g/mol. The molecule has 4 atom stereocenters. The molecule has 0 spiro atoms. The van der Waals surface area contributed by atoms with Crippen LogP contribution < -0.4 is 22.1 Å². The Morgan fingerprint density at radius 2 is 2.20 bits per heavy atom. The maximum Gasteiger partial charge on any atom is 0.353 e. The Bertz CT molecular complexity index is 1380. The fourth-order valence-electron chi connectivity index (χ4n) is 3.81. The highest BCUT2D eigenvalue weighted by molar-refractivity contribution is 8.06. The number of hydrogen-bond acceptors (Lipinski definition) is 14. The number of carbonyl (C=O) groups excluding carboxylic acids is 3. The highest BCUT2D eigenvalue weighted by Crippen LogP contribution is 2.46. The second-order valence-electron chi connectivity index (χ2n) is 8.18. The second-order valence-corrected chi connectivity index (χ2v) is 13.1. The number of carbonyl (C=O) groups is 4. The summed E-state index contributed by atoms with van der Waals surface area (Å²) in [7, 11) is 0. The number of hydrogen-bond donors (Lipinski definition) is 5. The van der Waals surface area contributed by atoms with Gasteiger partial charge in [-0.3, -0.25) is 24.3 Å². The molecule has 0 radical (unpaired) electrons. The molecule has 0 saturated carbocycles. The maximum absolute atomic E-state index is 13.1. The molecule has 2 aromatic heterocycles. The van der Waals surface area contributed by atoms with Crippen LogP contribution in [-0.4, -0.2) is 73.3 Å². The number of anilines is 1. The van der Waals surface area contributed by atoms with Gasteiger partial charge in [0, 0.05) is 39.5 Å². The van der Waals surface area contributed by atoms with Crippen LogP contribution in [0.2, 0.25) is 4.34 Å². The number of fused-ring (bicyclic) bond motifs is 1. The Morgan fingerprint density at radius 3 is 2.85 bits per heavy atom. The first kappa shape index (κ1) is 30.1. The number of nitrogens with zero attached hydrogens (tertiary/aromatic N) is 4. The van der Waals surface area contributed by atoms with E-state index < -0.39 is 41.4 Å². The Labute approximate surface area is 248 Å². The number of halogens is 1. The highest BCUT2D eigenvalue weighted by atomic mass is 35.5. The molecule has 0 bridgehead atoms. The van der Waals surface area contributed by atoms with Gasteiger partial charge in [-0.2, -0.15) is 11.8 Å². The van der Waals surface area contributed by atoms with Gasteiger partial charge in [0.2, 0.25) is 12.5 Å². The van der Waals surface area contributed by atoms with E-state index in [1.165, 1.54) is 35.3 Å². The van der Waals surface area contributed by atoms with E-state index in [4.69, 9.17) is 23.1 Å². The quantitative estimate of drug-likeness (QED) is 0.0899. The number of nitrogen functional groups attached to an aromatic ring is 1. The van der Waals surface area contributed by atoms with Crippen molar-refractivity contribution in [1.29, 1.82) is 0 Å². The second kappa shape index (κ2) is 13.2. The number of thioether (sulfide) groups is 3. The third-order valence-electron chi connectivity index (χ3n) is 5.60. The van der Waals surface area contributed by atoms with Gasteiger partial charge in [0.1, 0.15) is 27.1 Å². The minimum atomic E-state index is -1.62. The van der Waals surface area contributed by atoms with Crippen LogP contribution in [0.4, 0.5) is 5.13 Å². The van der Waals surface area contributed by atoms with Gasteiger partial charge in [0.15, 0.2) is 5.13 Å². The van der Waals surface area contributed by atoms with Gasteiger partial charge >= 0.3 is 5.97 Å². The average molecular weight is 645 g/mol. The van der Waals surface area contributed by atoms with E-state index in [0.717, 1.165) is 26.7 Å². The minimum Gasteiger partial charge on any atom is -0.477 e. The Morgan fingerprint density at radius 1 is 1.43 bits per heavy atom. The number of β-lactam (4-membered cyclic amide) rings is 1. The van der Waals surface area contributed by atoms with Crippen molar-refractivity contribution < 1.29 is 24.3 Å². The molecule has 40 heavy (non-hydrogen) atoms. The van der Waals surface area contributed by atoms with Crippen LogP contribution in [0.3, 0.4) is 0 Å². The summed E-state index contributed by atoms with van der Waals surface area (Å²) in [4.78, 5) is 70.4. The summed E-state index contributed by atoms with van der Waals surface area (Å²) in [5, 5.41) is 17.1. The van der Waals surface area contributed by atoms with Crippen LogP contribution in [0.5, 0.6) is 0 Å². The third-order valence-corrected chi connectivity index (χ3v) is 10.5. The van der Waals surface area contributed by atoms with Gasteiger partial charge in [0.05, 0.1) is 6.17 Å². The van der Waals surface area contributed by atoms with Crippen molar-refractivity contribution in [3.05, 3.63) is 49.6 Å². The lowest BCUT2D eigenvalue weighted by atomic mass is 10.0. The summed E-state index contributed by atoms with van der Waals surface area (Å²) >= 11 is 10.8. The Hall–Kier alpha value is -2.90. The number of thiazole rings is 1. The molecule has 7 N–H and O–H groups in total. The minimum absolute atomic E-state index is 0.0259. The number of nitroso groups, excluding NO2 is 1. The third kappa shape index (κ3) is 6.36. The number of carboxylic acids is 1. The summed E-state index contributed by atoms with van der Waals surface area (Å²) in [5.74, 6) is -1.62. The lowest BCUT2D eigenvalue weighted by Gasteiger charge is -2.49. The Balaban J connectivity index is 1.48. The van der Waals surface area contributed by atoms with Gasteiger partial charge in [0.25, 0.3) is 11.8 Å². The van der Waals surface area contributed by atoms with Gasteiger partial charge in [-0.25, -0.2) is 9.78 Å². The van der Waals surface area contributed by atoms with Gasteiger partial charge in [-0.1, -0.05) is 34.7 Å². The molecule has 2 aliphatic heterocycles. The number of amides is 3. The molecule has 2 aromatic rings. The molecule has 4 heterocycles. The molecule has 14 nitrogen and oxygen atoms in total. The zero-order valence-corrected chi connectivity index (χ0v) is 24.2. The number of nitrogens with one attached hydrogen (secondary N) is 2. The van der Waals surface area contributed by atoms with E-state index in [0.29, 0.717) is 22.8 Å². The SMILES string of the molecule is Nc1nc(C(N=O)C(=O)N[C@@H]2C(=O)N3C(C(=O)O)=C(Sc4ccncc4CSC[C@H](N)NC=O)CS[C@@H]23)c(Cl)s1. The van der Waals surface area contributed by atoms with Crippen LogP contribution in [0.1, 0.15) is 17.3 Å². The zero-order chi connectivity index (χ0) is 29.0. The van der Waals surface area contributed by atoms with E-state index in [2.05, 4.69) is 25.8 Å². The lowest BCUT2D eigenvalue weighted by molar-refractivity contribution is -0.150. The topological polar surface area (TPSA) is 223 Å².